The highest BCUT2D eigenvalue weighted by Gasteiger charge is 2.17. The lowest BCUT2D eigenvalue weighted by atomic mass is 10.2. The van der Waals surface area contributed by atoms with Crippen molar-refractivity contribution in [3.8, 4) is 0 Å². The fourth-order valence-corrected chi connectivity index (χ4v) is 4.11. The van der Waals surface area contributed by atoms with E-state index < -0.39 is 0 Å². The number of para-hydroxylation sites is 1. The summed E-state index contributed by atoms with van der Waals surface area (Å²) in [5.74, 6) is 0.0784. The van der Waals surface area contributed by atoms with Gasteiger partial charge >= 0.3 is 0 Å². The number of rotatable bonds is 6. The predicted octanol–water partition coefficient (Wildman–Crippen LogP) is 3.28. The van der Waals surface area contributed by atoms with Crippen molar-refractivity contribution in [2.24, 2.45) is 0 Å². The fraction of sp³-hybridized carbons (Fsp3) is 0.263. The maximum absolute atomic E-state index is 12.5. The smallest absolute Gasteiger partial charge is 0.277 e. The third-order valence-electron chi connectivity index (χ3n) is 4.07. The van der Waals surface area contributed by atoms with Crippen molar-refractivity contribution in [3.63, 3.8) is 0 Å². The maximum Gasteiger partial charge on any atom is 0.277 e. The second-order valence-corrected chi connectivity index (χ2v) is 8.31. The molecule has 1 aromatic heterocycles. The van der Waals surface area contributed by atoms with Crippen LogP contribution in [0.5, 0.6) is 0 Å². The Morgan fingerprint density at radius 1 is 1.19 bits per heavy atom. The third kappa shape index (κ3) is 4.74. The number of carbonyl (C=O) groups excluding carboxylic acids is 1. The Hall–Kier alpha value is -1.66. The van der Waals surface area contributed by atoms with Crippen molar-refractivity contribution in [2.75, 3.05) is 20.6 Å². The van der Waals surface area contributed by atoms with Crippen LogP contribution in [0.25, 0.3) is 10.2 Å². The van der Waals surface area contributed by atoms with Crippen LogP contribution in [0.4, 0.5) is 0 Å². The summed E-state index contributed by atoms with van der Waals surface area (Å²) in [7, 11) is 3.81. The number of aromatic nitrogens is 1. The SMILES string of the molecule is CN(Cc1ccc(Cl)c(Cl)c1)C(=O)C[NH+](C)Cc1nc2ccccc2s1. The molecular formula is C19H20Cl2N3OS+. The van der Waals surface area contributed by atoms with Crippen LogP contribution in [0, 0.1) is 0 Å². The van der Waals surface area contributed by atoms with Gasteiger partial charge in [-0.25, -0.2) is 4.98 Å². The minimum Gasteiger partial charge on any atom is -0.337 e. The van der Waals surface area contributed by atoms with E-state index in [1.165, 1.54) is 4.70 Å². The fourth-order valence-electron chi connectivity index (χ4n) is 2.71. The van der Waals surface area contributed by atoms with Gasteiger partial charge in [-0.1, -0.05) is 41.4 Å². The number of hydrogen-bond acceptors (Lipinski definition) is 3. The number of thiazole rings is 1. The molecule has 1 N–H and O–H groups in total. The zero-order valence-electron chi connectivity index (χ0n) is 14.6. The number of halogens is 2. The molecule has 2 aromatic carbocycles. The number of hydrogen-bond donors (Lipinski definition) is 1. The molecule has 0 radical (unpaired) electrons. The average molecular weight is 409 g/mol. The largest absolute Gasteiger partial charge is 0.337 e. The summed E-state index contributed by atoms with van der Waals surface area (Å²) in [5, 5.41) is 2.07. The Kier molecular flexibility index (Phi) is 6.14. The van der Waals surface area contributed by atoms with Gasteiger partial charge in [0.15, 0.2) is 6.54 Å². The van der Waals surface area contributed by atoms with E-state index in [2.05, 4.69) is 11.1 Å². The lowest BCUT2D eigenvalue weighted by Gasteiger charge is -2.20. The molecule has 136 valence electrons. The van der Waals surface area contributed by atoms with Crippen molar-refractivity contribution in [1.29, 1.82) is 0 Å². The van der Waals surface area contributed by atoms with Crippen molar-refractivity contribution in [3.05, 3.63) is 63.1 Å². The van der Waals surface area contributed by atoms with Crippen LogP contribution >= 0.6 is 34.5 Å². The molecule has 3 rings (SSSR count). The van der Waals surface area contributed by atoms with E-state index in [9.17, 15) is 4.79 Å². The molecule has 4 nitrogen and oxygen atoms in total. The Morgan fingerprint density at radius 3 is 2.69 bits per heavy atom. The van der Waals surface area contributed by atoms with Crippen LogP contribution < -0.4 is 4.90 Å². The molecular weight excluding hydrogens is 389 g/mol. The van der Waals surface area contributed by atoms with Gasteiger partial charge in [0.25, 0.3) is 5.91 Å². The molecule has 7 heteroatoms. The van der Waals surface area contributed by atoms with Gasteiger partial charge in [0.05, 0.1) is 27.3 Å². The normalized spacial score (nSPS) is 12.3. The molecule has 0 spiro atoms. The Labute approximate surface area is 167 Å². The van der Waals surface area contributed by atoms with Crippen LogP contribution in [-0.2, 0) is 17.9 Å². The highest BCUT2D eigenvalue weighted by molar-refractivity contribution is 7.18. The molecule has 0 aliphatic rings. The summed E-state index contributed by atoms with van der Waals surface area (Å²) in [5.41, 5.74) is 1.97. The van der Waals surface area contributed by atoms with E-state index in [1.807, 2.05) is 31.3 Å². The highest BCUT2D eigenvalue weighted by atomic mass is 35.5. The number of likely N-dealkylation sites (N-methyl/N-ethyl adjacent to an activating group) is 2. The Balaban J connectivity index is 1.56. The summed E-state index contributed by atoms with van der Waals surface area (Å²) in [4.78, 5) is 20.0. The number of amides is 1. The molecule has 0 aliphatic heterocycles. The Morgan fingerprint density at radius 2 is 1.96 bits per heavy atom. The number of fused-ring (bicyclic) bond motifs is 1. The van der Waals surface area contributed by atoms with E-state index in [0.717, 1.165) is 27.5 Å². The molecule has 1 heterocycles. The van der Waals surface area contributed by atoms with Crippen molar-refractivity contribution in [1.82, 2.24) is 9.88 Å². The van der Waals surface area contributed by atoms with Gasteiger partial charge in [0, 0.05) is 13.6 Å². The zero-order chi connectivity index (χ0) is 18.7. The summed E-state index contributed by atoms with van der Waals surface area (Å²) in [6, 6.07) is 13.5. The molecule has 3 aromatic rings. The molecule has 1 amide bonds. The number of benzene rings is 2. The van der Waals surface area contributed by atoms with Crippen molar-refractivity contribution < 1.29 is 9.69 Å². The van der Waals surface area contributed by atoms with E-state index in [4.69, 9.17) is 23.2 Å². The Bertz CT molecular complexity index is 895. The van der Waals surface area contributed by atoms with E-state index in [1.54, 1.807) is 35.4 Å². The summed E-state index contributed by atoms with van der Waals surface area (Å²) in [6.07, 6.45) is 0. The molecule has 0 saturated carbocycles. The molecule has 26 heavy (non-hydrogen) atoms. The first-order chi connectivity index (χ1) is 12.4. The van der Waals surface area contributed by atoms with Crippen LogP contribution in [0.1, 0.15) is 10.6 Å². The number of nitrogens with zero attached hydrogens (tertiary/aromatic N) is 2. The summed E-state index contributed by atoms with van der Waals surface area (Å²) >= 11 is 13.7. The number of quaternary nitrogens is 1. The van der Waals surface area contributed by atoms with Crippen molar-refractivity contribution >= 4 is 50.7 Å². The van der Waals surface area contributed by atoms with Crippen LogP contribution in [0.3, 0.4) is 0 Å². The average Bonchev–Trinajstić information content (AvgIpc) is 3.00. The monoisotopic (exact) mass is 408 g/mol. The van der Waals surface area contributed by atoms with Crippen LogP contribution in [-0.4, -0.2) is 36.4 Å². The molecule has 0 fully saturated rings. The second-order valence-electron chi connectivity index (χ2n) is 6.38. The van der Waals surface area contributed by atoms with Gasteiger partial charge in [0.2, 0.25) is 0 Å². The van der Waals surface area contributed by atoms with Gasteiger partial charge in [-0.05, 0) is 29.8 Å². The zero-order valence-corrected chi connectivity index (χ0v) is 17.0. The van der Waals surface area contributed by atoms with E-state index in [0.29, 0.717) is 23.1 Å². The summed E-state index contributed by atoms with van der Waals surface area (Å²) < 4.78 is 1.18. The minimum absolute atomic E-state index is 0.0784. The van der Waals surface area contributed by atoms with Gasteiger partial charge < -0.3 is 9.80 Å². The van der Waals surface area contributed by atoms with Gasteiger partial charge in [0.1, 0.15) is 11.6 Å². The third-order valence-corrected chi connectivity index (χ3v) is 5.85. The maximum atomic E-state index is 12.5. The molecule has 0 bridgehead atoms. The standard InChI is InChI=1S/C19H19Cl2N3OS/c1-23(11-18-22-16-5-3-4-6-17(16)26-18)12-19(25)24(2)10-13-7-8-14(20)15(21)9-13/h3-9H,10-12H2,1-2H3/p+1. The highest BCUT2D eigenvalue weighted by Crippen LogP contribution is 2.23. The lowest BCUT2D eigenvalue weighted by molar-refractivity contribution is -0.885. The lowest BCUT2D eigenvalue weighted by Crippen LogP contribution is -3.08. The molecule has 1 atom stereocenters. The number of carbonyl (C=O) groups is 1. The van der Waals surface area contributed by atoms with Crippen molar-refractivity contribution in [2.45, 2.75) is 13.1 Å². The second kappa shape index (κ2) is 8.35. The predicted molar refractivity (Wildman–Crippen MR) is 108 cm³/mol. The first-order valence-electron chi connectivity index (χ1n) is 8.26. The van der Waals surface area contributed by atoms with Crippen LogP contribution in [0.15, 0.2) is 42.5 Å². The van der Waals surface area contributed by atoms with Gasteiger partial charge in [-0.3, -0.25) is 4.79 Å². The quantitative estimate of drug-likeness (QED) is 0.679. The first kappa shape index (κ1) is 19.1. The van der Waals surface area contributed by atoms with Crippen LogP contribution in [0.2, 0.25) is 10.0 Å². The van der Waals surface area contributed by atoms with E-state index >= 15 is 0 Å². The van der Waals surface area contributed by atoms with Gasteiger partial charge in [-0.2, -0.15) is 0 Å². The van der Waals surface area contributed by atoms with E-state index in [-0.39, 0.29) is 5.91 Å². The topological polar surface area (TPSA) is 37.6 Å². The minimum atomic E-state index is 0.0784. The van der Waals surface area contributed by atoms with Gasteiger partial charge in [-0.15, -0.1) is 11.3 Å². The molecule has 0 saturated heterocycles. The number of nitrogens with one attached hydrogen (secondary N) is 1. The first-order valence-corrected chi connectivity index (χ1v) is 9.83. The molecule has 0 aliphatic carbocycles. The summed E-state index contributed by atoms with van der Waals surface area (Å²) in [6.45, 7) is 1.64. The molecule has 1 unspecified atom stereocenters.